The second kappa shape index (κ2) is 4.77. The number of allylic oxidation sites excluding steroid dienone is 1. The molecule has 0 amide bonds. The van der Waals surface area contributed by atoms with Crippen LogP contribution < -0.4 is 0 Å². The predicted octanol–water partition coefficient (Wildman–Crippen LogP) is 2.74. The molecule has 0 spiro atoms. The Morgan fingerprint density at radius 3 is 2.38 bits per heavy atom. The van der Waals surface area contributed by atoms with Crippen LogP contribution in [-0.4, -0.2) is 16.1 Å². The molecule has 1 aromatic carbocycles. The SMILES string of the molecule is Oc1cccc(O)c1C=CCCCl. The summed E-state index contributed by atoms with van der Waals surface area (Å²) < 4.78 is 0. The first-order valence-electron chi connectivity index (χ1n) is 3.99. The number of benzene rings is 1. The van der Waals surface area contributed by atoms with Crippen LogP contribution in [0.5, 0.6) is 11.5 Å². The number of alkyl halides is 1. The van der Waals surface area contributed by atoms with Gasteiger partial charge in [-0.25, -0.2) is 0 Å². The van der Waals surface area contributed by atoms with Crippen molar-refractivity contribution in [3.8, 4) is 11.5 Å². The molecule has 0 heterocycles. The molecule has 70 valence electrons. The van der Waals surface area contributed by atoms with E-state index >= 15 is 0 Å². The van der Waals surface area contributed by atoms with E-state index in [0.717, 1.165) is 6.42 Å². The van der Waals surface area contributed by atoms with Crippen LogP contribution in [0.3, 0.4) is 0 Å². The van der Waals surface area contributed by atoms with Gasteiger partial charge in [0, 0.05) is 5.88 Å². The maximum Gasteiger partial charge on any atom is 0.126 e. The van der Waals surface area contributed by atoms with Crippen molar-refractivity contribution in [3.05, 3.63) is 29.8 Å². The Kier molecular flexibility index (Phi) is 3.65. The van der Waals surface area contributed by atoms with E-state index in [1.165, 1.54) is 12.1 Å². The first-order valence-corrected chi connectivity index (χ1v) is 4.52. The highest BCUT2D eigenvalue weighted by molar-refractivity contribution is 6.17. The van der Waals surface area contributed by atoms with E-state index in [4.69, 9.17) is 11.6 Å². The molecular weight excluding hydrogens is 188 g/mol. The smallest absolute Gasteiger partial charge is 0.126 e. The highest BCUT2D eigenvalue weighted by Crippen LogP contribution is 2.27. The van der Waals surface area contributed by atoms with Crippen molar-refractivity contribution in [1.29, 1.82) is 0 Å². The molecule has 0 aliphatic heterocycles. The fourth-order valence-electron chi connectivity index (χ4n) is 0.976. The van der Waals surface area contributed by atoms with Crippen molar-refractivity contribution in [2.75, 3.05) is 5.88 Å². The molecule has 2 nitrogen and oxygen atoms in total. The fourth-order valence-corrected chi connectivity index (χ4v) is 1.10. The van der Waals surface area contributed by atoms with Gasteiger partial charge in [0.15, 0.2) is 0 Å². The number of phenols is 2. The van der Waals surface area contributed by atoms with Crippen LogP contribution in [0.25, 0.3) is 6.08 Å². The highest BCUT2D eigenvalue weighted by Gasteiger charge is 2.01. The standard InChI is InChI=1S/C10H11ClO2/c11-7-2-1-4-8-9(12)5-3-6-10(8)13/h1,3-6,12-13H,2,7H2. The maximum absolute atomic E-state index is 9.35. The molecule has 0 unspecified atom stereocenters. The number of hydrogen-bond donors (Lipinski definition) is 2. The Bertz CT molecular complexity index is 288. The predicted molar refractivity (Wildman–Crippen MR) is 54.1 cm³/mol. The Labute approximate surface area is 82.1 Å². The van der Waals surface area contributed by atoms with E-state index in [9.17, 15) is 10.2 Å². The summed E-state index contributed by atoms with van der Waals surface area (Å²) in [5.41, 5.74) is 0.438. The van der Waals surface area contributed by atoms with Gasteiger partial charge in [-0.1, -0.05) is 18.2 Å². The van der Waals surface area contributed by atoms with Gasteiger partial charge < -0.3 is 10.2 Å². The maximum atomic E-state index is 9.35. The van der Waals surface area contributed by atoms with Gasteiger partial charge in [-0.15, -0.1) is 11.6 Å². The van der Waals surface area contributed by atoms with Gasteiger partial charge in [-0.3, -0.25) is 0 Å². The molecule has 0 radical (unpaired) electrons. The lowest BCUT2D eigenvalue weighted by Crippen LogP contribution is -1.76. The van der Waals surface area contributed by atoms with E-state index in [1.807, 2.05) is 6.08 Å². The van der Waals surface area contributed by atoms with Gasteiger partial charge in [0.05, 0.1) is 5.56 Å². The Morgan fingerprint density at radius 2 is 1.85 bits per heavy atom. The first kappa shape index (κ1) is 9.93. The Hall–Kier alpha value is -1.15. The van der Waals surface area contributed by atoms with Gasteiger partial charge in [0.1, 0.15) is 11.5 Å². The zero-order valence-corrected chi connectivity index (χ0v) is 7.83. The van der Waals surface area contributed by atoms with E-state index < -0.39 is 0 Å². The number of phenolic OH excluding ortho intramolecular Hbond substituents is 2. The summed E-state index contributed by atoms with van der Waals surface area (Å²) in [5.74, 6) is 0.682. The van der Waals surface area contributed by atoms with Gasteiger partial charge in [0.25, 0.3) is 0 Å². The molecule has 1 rings (SSSR count). The second-order valence-electron chi connectivity index (χ2n) is 2.59. The molecule has 0 fully saturated rings. The summed E-state index contributed by atoms with van der Waals surface area (Å²) in [4.78, 5) is 0. The summed E-state index contributed by atoms with van der Waals surface area (Å²) in [6.07, 6.45) is 4.18. The largest absolute Gasteiger partial charge is 0.507 e. The van der Waals surface area contributed by atoms with E-state index in [-0.39, 0.29) is 11.5 Å². The summed E-state index contributed by atoms with van der Waals surface area (Å²) in [5, 5.41) is 18.7. The number of rotatable bonds is 3. The normalized spacial score (nSPS) is 10.8. The molecule has 0 atom stereocenters. The molecule has 0 saturated heterocycles. The van der Waals surface area contributed by atoms with Gasteiger partial charge in [-0.05, 0) is 18.6 Å². The average Bonchev–Trinajstić information content (AvgIpc) is 2.10. The van der Waals surface area contributed by atoms with Gasteiger partial charge in [-0.2, -0.15) is 0 Å². The summed E-state index contributed by atoms with van der Waals surface area (Å²) in [7, 11) is 0. The molecule has 0 aromatic heterocycles. The summed E-state index contributed by atoms with van der Waals surface area (Å²) in [6, 6.07) is 4.64. The average molecular weight is 199 g/mol. The third-order valence-electron chi connectivity index (χ3n) is 1.62. The van der Waals surface area contributed by atoms with Crippen LogP contribution >= 0.6 is 11.6 Å². The molecule has 13 heavy (non-hydrogen) atoms. The van der Waals surface area contributed by atoms with Crippen LogP contribution in [0.4, 0.5) is 0 Å². The molecule has 0 aliphatic rings. The minimum absolute atomic E-state index is 0.0748. The van der Waals surface area contributed by atoms with Crippen LogP contribution in [0, 0.1) is 0 Å². The van der Waals surface area contributed by atoms with E-state index in [2.05, 4.69) is 0 Å². The van der Waals surface area contributed by atoms with Crippen molar-refractivity contribution >= 4 is 17.7 Å². The Morgan fingerprint density at radius 1 is 1.23 bits per heavy atom. The lowest BCUT2D eigenvalue weighted by atomic mass is 10.1. The topological polar surface area (TPSA) is 40.5 Å². The van der Waals surface area contributed by atoms with Gasteiger partial charge >= 0.3 is 0 Å². The number of aromatic hydroxyl groups is 2. The van der Waals surface area contributed by atoms with Crippen LogP contribution in [-0.2, 0) is 0 Å². The summed E-state index contributed by atoms with van der Waals surface area (Å²) >= 11 is 5.47. The minimum atomic E-state index is 0.0748. The molecule has 0 aliphatic carbocycles. The van der Waals surface area contributed by atoms with Crippen LogP contribution in [0.1, 0.15) is 12.0 Å². The first-order chi connectivity index (χ1) is 6.25. The lowest BCUT2D eigenvalue weighted by molar-refractivity contribution is 0.448. The van der Waals surface area contributed by atoms with Crippen LogP contribution in [0.15, 0.2) is 24.3 Å². The zero-order valence-electron chi connectivity index (χ0n) is 7.07. The van der Waals surface area contributed by atoms with Crippen molar-refractivity contribution in [2.24, 2.45) is 0 Å². The highest BCUT2D eigenvalue weighted by atomic mass is 35.5. The zero-order chi connectivity index (χ0) is 9.68. The third-order valence-corrected chi connectivity index (χ3v) is 1.84. The van der Waals surface area contributed by atoms with Crippen LogP contribution in [0.2, 0.25) is 0 Å². The second-order valence-corrected chi connectivity index (χ2v) is 2.97. The van der Waals surface area contributed by atoms with Crippen molar-refractivity contribution in [1.82, 2.24) is 0 Å². The van der Waals surface area contributed by atoms with Crippen molar-refractivity contribution < 1.29 is 10.2 Å². The van der Waals surface area contributed by atoms with E-state index in [0.29, 0.717) is 11.4 Å². The minimum Gasteiger partial charge on any atom is -0.507 e. The summed E-state index contributed by atoms with van der Waals surface area (Å²) in [6.45, 7) is 0. The Balaban J connectivity index is 2.87. The number of halogens is 1. The molecule has 0 saturated carbocycles. The molecule has 2 N–H and O–H groups in total. The quantitative estimate of drug-likeness (QED) is 0.734. The van der Waals surface area contributed by atoms with Crippen molar-refractivity contribution in [2.45, 2.75) is 6.42 Å². The third kappa shape index (κ3) is 2.67. The number of hydrogen-bond acceptors (Lipinski definition) is 2. The lowest BCUT2D eigenvalue weighted by Gasteiger charge is -2.00. The molecule has 0 bridgehead atoms. The molecule has 3 heteroatoms. The van der Waals surface area contributed by atoms with Gasteiger partial charge in [0.2, 0.25) is 0 Å². The monoisotopic (exact) mass is 198 g/mol. The fraction of sp³-hybridized carbons (Fsp3) is 0.200. The van der Waals surface area contributed by atoms with Crippen molar-refractivity contribution in [3.63, 3.8) is 0 Å². The molecule has 1 aromatic rings. The molecular formula is C10H11ClO2. The van der Waals surface area contributed by atoms with E-state index in [1.54, 1.807) is 12.1 Å².